The van der Waals surface area contributed by atoms with E-state index in [4.69, 9.17) is 9.47 Å². The van der Waals surface area contributed by atoms with Gasteiger partial charge in [0.15, 0.2) is 0 Å². The van der Waals surface area contributed by atoms with E-state index in [9.17, 15) is 0 Å². The summed E-state index contributed by atoms with van der Waals surface area (Å²) in [6, 6.07) is 9.06. The monoisotopic (exact) mass is 277 g/mol. The van der Waals surface area contributed by atoms with Crippen LogP contribution in [0.2, 0.25) is 0 Å². The molecule has 0 bridgehead atoms. The second kappa shape index (κ2) is 7.65. The largest absolute Gasteiger partial charge is 0.486 e. The number of hydrogen-bond acceptors (Lipinski definition) is 3. The Balaban J connectivity index is 2.00. The molecule has 2 atom stereocenters. The van der Waals surface area contributed by atoms with Crippen LogP contribution < -0.4 is 10.1 Å². The highest BCUT2D eigenvalue weighted by molar-refractivity contribution is 5.36. The molecule has 0 aromatic heterocycles. The fourth-order valence-electron chi connectivity index (χ4n) is 2.30. The zero-order valence-corrected chi connectivity index (χ0v) is 12.9. The molecule has 1 fully saturated rings. The van der Waals surface area contributed by atoms with E-state index in [-0.39, 0.29) is 6.10 Å². The van der Waals surface area contributed by atoms with E-state index in [2.05, 4.69) is 37.4 Å². The van der Waals surface area contributed by atoms with Crippen molar-refractivity contribution in [3.05, 3.63) is 29.8 Å². The molecule has 1 saturated carbocycles. The van der Waals surface area contributed by atoms with Crippen molar-refractivity contribution in [3.63, 3.8) is 0 Å². The minimum Gasteiger partial charge on any atom is -0.486 e. The van der Waals surface area contributed by atoms with Gasteiger partial charge >= 0.3 is 0 Å². The normalized spacial score (nSPS) is 17.8. The predicted octanol–water partition coefficient (Wildman–Crippen LogP) is 3.35. The minimum absolute atomic E-state index is 0.0748. The van der Waals surface area contributed by atoms with Gasteiger partial charge in [0, 0.05) is 19.7 Å². The van der Waals surface area contributed by atoms with E-state index in [0.29, 0.717) is 18.6 Å². The van der Waals surface area contributed by atoms with Gasteiger partial charge in [-0.3, -0.25) is 0 Å². The molecule has 3 nitrogen and oxygen atoms in total. The maximum Gasteiger partial charge on any atom is 0.134 e. The van der Waals surface area contributed by atoms with Gasteiger partial charge in [-0.1, -0.05) is 32.0 Å². The lowest BCUT2D eigenvalue weighted by atomic mass is 9.98. The van der Waals surface area contributed by atoms with Gasteiger partial charge in [0.05, 0.1) is 6.61 Å². The zero-order valence-electron chi connectivity index (χ0n) is 12.9. The number of rotatable bonds is 9. The molecule has 0 aliphatic heterocycles. The molecular weight excluding hydrogens is 250 g/mol. The van der Waals surface area contributed by atoms with E-state index in [0.717, 1.165) is 18.7 Å². The molecule has 1 aliphatic rings. The van der Waals surface area contributed by atoms with Crippen LogP contribution in [0.1, 0.15) is 44.6 Å². The van der Waals surface area contributed by atoms with Crippen LogP contribution in [0.5, 0.6) is 5.75 Å². The van der Waals surface area contributed by atoms with Crippen molar-refractivity contribution in [3.8, 4) is 5.75 Å². The fraction of sp³-hybridized carbons (Fsp3) is 0.647. The topological polar surface area (TPSA) is 30.5 Å². The van der Waals surface area contributed by atoms with Crippen LogP contribution in [0.15, 0.2) is 24.3 Å². The molecule has 1 aliphatic carbocycles. The second-order valence-corrected chi connectivity index (χ2v) is 5.72. The molecule has 20 heavy (non-hydrogen) atoms. The average Bonchev–Trinajstić information content (AvgIpc) is 3.29. The SMILES string of the molecule is CCC(C)c1ccccc1OC(CNC1CC1)COC. The molecule has 0 radical (unpaired) electrons. The highest BCUT2D eigenvalue weighted by Gasteiger charge is 2.23. The van der Waals surface area contributed by atoms with Crippen LogP contribution in [-0.2, 0) is 4.74 Å². The Labute approximate surface area is 122 Å². The molecule has 1 N–H and O–H groups in total. The maximum absolute atomic E-state index is 6.20. The lowest BCUT2D eigenvalue weighted by molar-refractivity contribution is 0.0795. The summed E-state index contributed by atoms with van der Waals surface area (Å²) in [5.41, 5.74) is 1.29. The standard InChI is InChI=1S/C17H27NO2/c1-4-13(2)16-7-5-6-8-17(16)20-15(12-19-3)11-18-14-9-10-14/h5-8,13-15,18H,4,9-12H2,1-3H3. The fourth-order valence-corrected chi connectivity index (χ4v) is 2.30. The zero-order chi connectivity index (χ0) is 14.4. The van der Waals surface area contributed by atoms with Gasteiger partial charge in [-0.2, -0.15) is 0 Å². The summed E-state index contributed by atoms with van der Waals surface area (Å²) in [4.78, 5) is 0. The number of benzene rings is 1. The molecule has 0 spiro atoms. The van der Waals surface area contributed by atoms with Gasteiger partial charge in [0.1, 0.15) is 11.9 Å². The summed E-state index contributed by atoms with van der Waals surface area (Å²) in [5, 5.41) is 3.52. The smallest absolute Gasteiger partial charge is 0.134 e. The number of hydrogen-bond donors (Lipinski definition) is 1. The molecule has 2 rings (SSSR count). The highest BCUT2D eigenvalue weighted by atomic mass is 16.5. The van der Waals surface area contributed by atoms with Crippen molar-refractivity contribution >= 4 is 0 Å². The maximum atomic E-state index is 6.20. The van der Waals surface area contributed by atoms with E-state index in [1.807, 2.05) is 6.07 Å². The molecule has 0 heterocycles. The van der Waals surface area contributed by atoms with Gasteiger partial charge < -0.3 is 14.8 Å². The van der Waals surface area contributed by atoms with E-state index in [1.54, 1.807) is 7.11 Å². The van der Waals surface area contributed by atoms with Crippen molar-refractivity contribution in [1.82, 2.24) is 5.32 Å². The van der Waals surface area contributed by atoms with Gasteiger partial charge in [-0.05, 0) is 36.8 Å². The molecule has 112 valence electrons. The number of methoxy groups -OCH3 is 1. The van der Waals surface area contributed by atoms with Crippen molar-refractivity contribution in [1.29, 1.82) is 0 Å². The summed E-state index contributed by atoms with van der Waals surface area (Å²) < 4.78 is 11.5. The molecule has 1 aromatic carbocycles. The minimum atomic E-state index is 0.0748. The summed E-state index contributed by atoms with van der Waals surface area (Å²) in [5.74, 6) is 1.52. The van der Waals surface area contributed by atoms with Crippen LogP contribution in [-0.4, -0.2) is 32.4 Å². The summed E-state index contributed by atoms with van der Waals surface area (Å²) in [6.45, 7) is 5.93. The average molecular weight is 277 g/mol. The van der Waals surface area contributed by atoms with E-state index in [1.165, 1.54) is 18.4 Å². The van der Waals surface area contributed by atoms with Crippen molar-refractivity contribution < 1.29 is 9.47 Å². The predicted molar refractivity (Wildman–Crippen MR) is 82.5 cm³/mol. The molecule has 0 saturated heterocycles. The number of ether oxygens (including phenoxy) is 2. The van der Waals surface area contributed by atoms with E-state index >= 15 is 0 Å². The number of para-hydroxylation sites is 1. The van der Waals surface area contributed by atoms with Gasteiger partial charge in [-0.15, -0.1) is 0 Å². The van der Waals surface area contributed by atoms with Gasteiger partial charge in [-0.25, -0.2) is 0 Å². The summed E-state index contributed by atoms with van der Waals surface area (Å²) in [7, 11) is 1.73. The van der Waals surface area contributed by atoms with Gasteiger partial charge in [0.25, 0.3) is 0 Å². The first-order chi connectivity index (χ1) is 9.74. The molecule has 2 unspecified atom stereocenters. The molecule has 1 aromatic rings. The Bertz CT molecular complexity index is 404. The second-order valence-electron chi connectivity index (χ2n) is 5.72. The number of nitrogens with one attached hydrogen (secondary N) is 1. The quantitative estimate of drug-likeness (QED) is 0.751. The van der Waals surface area contributed by atoms with Crippen LogP contribution in [0.25, 0.3) is 0 Å². The van der Waals surface area contributed by atoms with Crippen molar-refractivity contribution in [2.45, 2.75) is 51.2 Å². The van der Waals surface area contributed by atoms with Crippen molar-refractivity contribution in [2.75, 3.05) is 20.3 Å². The molecule has 0 amide bonds. The summed E-state index contributed by atoms with van der Waals surface area (Å²) in [6.07, 6.45) is 3.79. The third-order valence-electron chi connectivity index (χ3n) is 3.92. The first-order valence-electron chi connectivity index (χ1n) is 7.72. The van der Waals surface area contributed by atoms with Crippen LogP contribution >= 0.6 is 0 Å². The van der Waals surface area contributed by atoms with Crippen molar-refractivity contribution in [2.24, 2.45) is 0 Å². The first kappa shape index (κ1) is 15.3. The van der Waals surface area contributed by atoms with Crippen LogP contribution in [0, 0.1) is 0 Å². The first-order valence-corrected chi connectivity index (χ1v) is 7.72. The lowest BCUT2D eigenvalue weighted by Crippen LogP contribution is -2.36. The van der Waals surface area contributed by atoms with Crippen LogP contribution in [0.3, 0.4) is 0 Å². The Morgan fingerprint density at radius 2 is 2.05 bits per heavy atom. The van der Waals surface area contributed by atoms with Crippen LogP contribution in [0.4, 0.5) is 0 Å². The Hall–Kier alpha value is -1.06. The Kier molecular flexibility index (Phi) is 5.86. The third-order valence-corrected chi connectivity index (χ3v) is 3.92. The third kappa shape index (κ3) is 4.50. The van der Waals surface area contributed by atoms with E-state index < -0.39 is 0 Å². The highest BCUT2D eigenvalue weighted by Crippen LogP contribution is 2.29. The Morgan fingerprint density at radius 3 is 2.70 bits per heavy atom. The van der Waals surface area contributed by atoms with Gasteiger partial charge in [0.2, 0.25) is 0 Å². The Morgan fingerprint density at radius 1 is 1.30 bits per heavy atom. The molecular formula is C17H27NO2. The lowest BCUT2D eigenvalue weighted by Gasteiger charge is -2.22. The summed E-state index contributed by atoms with van der Waals surface area (Å²) >= 11 is 0. The molecule has 3 heteroatoms.